The van der Waals surface area contributed by atoms with Crippen molar-refractivity contribution in [1.29, 1.82) is 0 Å². The molecule has 2 aliphatic carbocycles. The molecule has 1 heterocycles. The summed E-state index contributed by atoms with van der Waals surface area (Å²) in [6.07, 6.45) is 6.48. The van der Waals surface area contributed by atoms with E-state index in [4.69, 9.17) is 4.74 Å². The highest BCUT2D eigenvalue weighted by Gasteiger charge is 2.40. The van der Waals surface area contributed by atoms with Gasteiger partial charge < -0.3 is 15.4 Å². The molecule has 5 nitrogen and oxygen atoms in total. The number of nitrogens with one attached hydrogen (secondary N) is 2. The van der Waals surface area contributed by atoms with Crippen molar-refractivity contribution in [1.82, 2.24) is 10.6 Å². The Hall–Kier alpha value is -2.60. The van der Waals surface area contributed by atoms with Gasteiger partial charge in [-0.3, -0.25) is 9.59 Å². The van der Waals surface area contributed by atoms with Crippen LogP contribution in [0.2, 0.25) is 0 Å². The van der Waals surface area contributed by atoms with E-state index in [-0.39, 0.29) is 23.6 Å². The average molecular weight is 397 g/mol. The maximum absolute atomic E-state index is 13.0. The van der Waals surface area contributed by atoms with Gasteiger partial charge in [0.25, 0.3) is 11.8 Å². The van der Waals surface area contributed by atoms with Gasteiger partial charge in [-0.2, -0.15) is 0 Å². The highest BCUT2D eigenvalue weighted by Crippen LogP contribution is 2.44. The Labute approximate surface area is 168 Å². The number of fused-ring (bicyclic) bond motifs is 2. The fourth-order valence-corrected chi connectivity index (χ4v) is 4.94. The molecule has 0 spiro atoms. The largest absolute Gasteiger partial charge is 0.497 e. The third-order valence-electron chi connectivity index (χ3n) is 5.73. The second-order valence-electron chi connectivity index (χ2n) is 7.51. The standard InChI is InChI=1S/C22H24N2O3S/c1-27-17-8-6-15(7-9-17)21(25)24-20(13-18-3-2-10-28-18)22(26)23-19-12-14-4-5-16(19)11-14/h2-3,6-10,13-14,16,19H,4-5,11-12H2,1H3,(H,23,26)(H,24,25)/b20-13-. The summed E-state index contributed by atoms with van der Waals surface area (Å²) < 4.78 is 5.13. The fourth-order valence-electron chi connectivity index (χ4n) is 4.28. The molecular formula is C22H24N2O3S. The Morgan fingerprint density at radius 2 is 1.96 bits per heavy atom. The zero-order chi connectivity index (χ0) is 19.5. The molecule has 2 saturated carbocycles. The fraction of sp³-hybridized carbons (Fsp3) is 0.364. The van der Waals surface area contributed by atoms with Crippen LogP contribution in [0.15, 0.2) is 47.5 Å². The summed E-state index contributed by atoms with van der Waals surface area (Å²) in [5.41, 5.74) is 0.761. The summed E-state index contributed by atoms with van der Waals surface area (Å²) in [6, 6.07) is 10.9. The molecule has 4 rings (SSSR count). The van der Waals surface area contributed by atoms with E-state index >= 15 is 0 Å². The zero-order valence-corrected chi connectivity index (χ0v) is 16.6. The molecule has 1 aromatic carbocycles. The van der Waals surface area contributed by atoms with Gasteiger partial charge in [-0.15, -0.1) is 11.3 Å². The van der Waals surface area contributed by atoms with Crippen molar-refractivity contribution in [2.24, 2.45) is 11.8 Å². The van der Waals surface area contributed by atoms with Gasteiger partial charge in [0.05, 0.1) is 7.11 Å². The molecule has 0 radical (unpaired) electrons. The first kappa shape index (κ1) is 18.7. The smallest absolute Gasteiger partial charge is 0.268 e. The normalized spacial score (nSPS) is 23.5. The average Bonchev–Trinajstić information content (AvgIpc) is 3.46. The molecule has 2 amide bonds. The Kier molecular flexibility index (Phi) is 5.48. The summed E-state index contributed by atoms with van der Waals surface area (Å²) in [5.74, 6) is 1.48. The number of benzene rings is 1. The lowest BCUT2D eigenvalue weighted by Gasteiger charge is -2.23. The van der Waals surface area contributed by atoms with Gasteiger partial charge in [0.2, 0.25) is 0 Å². The Morgan fingerprint density at radius 3 is 2.57 bits per heavy atom. The van der Waals surface area contributed by atoms with Crippen LogP contribution in [0.5, 0.6) is 5.75 Å². The van der Waals surface area contributed by atoms with Gasteiger partial charge in [-0.1, -0.05) is 12.5 Å². The van der Waals surface area contributed by atoms with E-state index in [0.29, 0.717) is 17.2 Å². The Bertz CT molecular complexity index is 874. The molecule has 146 valence electrons. The van der Waals surface area contributed by atoms with Crippen LogP contribution in [0.25, 0.3) is 6.08 Å². The molecule has 0 saturated heterocycles. The number of hydrogen-bond acceptors (Lipinski definition) is 4. The number of hydrogen-bond donors (Lipinski definition) is 2. The number of amides is 2. The van der Waals surface area contributed by atoms with Crippen molar-refractivity contribution in [3.8, 4) is 5.75 Å². The molecule has 28 heavy (non-hydrogen) atoms. The minimum Gasteiger partial charge on any atom is -0.497 e. The summed E-state index contributed by atoms with van der Waals surface area (Å²) >= 11 is 1.53. The van der Waals surface area contributed by atoms with E-state index < -0.39 is 0 Å². The molecule has 2 aromatic rings. The van der Waals surface area contributed by atoms with Crippen molar-refractivity contribution < 1.29 is 14.3 Å². The first-order chi connectivity index (χ1) is 13.6. The van der Waals surface area contributed by atoms with Crippen molar-refractivity contribution in [3.63, 3.8) is 0 Å². The monoisotopic (exact) mass is 396 g/mol. The predicted octanol–water partition coefficient (Wildman–Crippen LogP) is 3.83. The molecule has 3 atom stereocenters. The number of ether oxygens (including phenoxy) is 1. The lowest BCUT2D eigenvalue weighted by atomic mass is 9.95. The summed E-state index contributed by atoms with van der Waals surface area (Å²) in [5, 5.41) is 7.91. The van der Waals surface area contributed by atoms with Gasteiger partial charge in [0, 0.05) is 16.5 Å². The van der Waals surface area contributed by atoms with Crippen LogP contribution in [0, 0.1) is 11.8 Å². The zero-order valence-electron chi connectivity index (χ0n) is 15.8. The van der Waals surface area contributed by atoms with Crippen molar-refractivity contribution >= 4 is 29.2 Å². The topological polar surface area (TPSA) is 67.4 Å². The summed E-state index contributed by atoms with van der Waals surface area (Å²) in [4.78, 5) is 26.6. The first-order valence-corrected chi connectivity index (χ1v) is 10.5. The SMILES string of the molecule is COc1ccc(C(=O)N/C(=C\c2cccs2)C(=O)NC2CC3CCC2C3)cc1. The van der Waals surface area contributed by atoms with Gasteiger partial charge in [0.1, 0.15) is 11.4 Å². The quantitative estimate of drug-likeness (QED) is 0.729. The Balaban J connectivity index is 1.50. The maximum atomic E-state index is 13.0. The van der Waals surface area contributed by atoms with E-state index in [1.54, 1.807) is 37.5 Å². The molecule has 1 aromatic heterocycles. The number of thiophene rings is 1. The molecule has 6 heteroatoms. The van der Waals surface area contributed by atoms with E-state index in [1.807, 2.05) is 17.5 Å². The van der Waals surface area contributed by atoms with Crippen molar-refractivity contribution in [2.45, 2.75) is 31.7 Å². The van der Waals surface area contributed by atoms with Gasteiger partial charge in [-0.05, 0) is 72.9 Å². The minimum absolute atomic E-state index is 0.215. The van der Waals surface area contributed by atoms with Crippen LogP contribution in [0.3, 0.4) is 0 Å². The molecular weight excluding hydrogens is 372 g/mol. The minimum atomic E-state index is -0.312. The number of methoxy groups -OCH3 is 1. The van der Waals surface area contributed by atoms with Crippen LogP contribution < -0.4 is 15.4 Å². The number of carbonyl (C=O) groups is 2. The van der Waals surface area contributed by atoms with E-state index in [9.17, 15) is 9.59 Å². The highest BCUT2D eigenvalue weighted by atomic mass is 32.1. The molecule has 2 fully saturated rings. The van der Waals surface area contributed by atoms with Crippen LogP contribution in [0.4, 0.5) is 0 Å². The van der Waals surface area contributed by atoms with Crippen LogP contribution in [-0.2, 0) is 4.79 Å². The van der Waals surface area contributed by atoms with Crippen LogP contribution in [-0.4, -0.2) is 25.0 Å². The maximum Gasteiger partial charge on any atom is 0.268 e. The predicted molar refractivity (Wildman–Crippen MR) is 110 cm³/mol. The second-order valence-corrected chi connectivity index (χ2v) is 8.49. The second kappa shape index (κ2) is 8.19. The highest BCUT2D eigenvalue weighted by molar-refractivity contribution is 7.10. The third kappa shape index (κ3) is 4.12. The lowest BCUT2D eigenvalue weighted by molar-refractivity contribution is -0.118. The number of carbonyl (C=O) groups excluding carboxylic acids is 2. The van der Waals surface area contributed by atoms with E-state index in [2.05, 4.69) is 10.6 Å². The van der Waals surface area contributed by atoms with E-state index in [1.165, 1.54) is 30.6 Å². The molecule has 2 bridgehead atoms. The molecule has 2 N–H and O–H groups in total. The van der Waals surface area contributed by atoms with E-state index in [0.717, 1.165) is 17.2 Å². The molecule has 3 unspecified atom stereocenters. The summed E-state index contributed by atoms with van der Waals surface area (Å²) in [6.45, 7) is 0. The van der Waals surface area contributed by atoms with Crippen LogP contribution >= 0.6 is 11.3 Å². The lowest BCUT2D eigenvalue weighted by Crippen LogP contribution is -2.42. The third-order valence-corrected chi connectivity index (χ3v) is 6.55. The molecule has 2 aliphatic rings. The van der Waals surface area contributed by atoms with Gasteiger partial charge >= 0.3 is 0 Å². The van der Waals surface area contributed by atoms with Gasteiger partial charge in [-0.25, -0.2) is 0 Å². The van der Waals surface area contributed by atoms with Crippen LogP contribution in [0.1, 0.15) is 40.9 Å². The molecule has 0 aliphatic heterocycles. The first-order valence-electron chi connectivity index (χ1n) is 9.64. The van der Waals surface area contributed by atoms with Crippen molar-refractivity contribution in [2.75, 3.05) is 7.11 Å². The Morgan fingerprint density at radius 1 is 1.14 bits per heavy atom. The van der Waals surface area contributed by atoms with Gasteiger partial charge in [0.15, 0.2) is 0 Å². The summed E-state index contributed by atoms with van der Waals surface area (Å²) in [7, 11) is 1.58. The number of rotatable bonds is 6. The van der Waals surface area contributed by atoms with Crippen molar-refractivity contribution in [3.05, 3.63) is 57.9 Å².